The van der Waals surface area contributed by atoms with Crippen LogP contribution in [0.1, 0.15) is 13.8 Å². The third-order valence-electron chi connectivity index (χ3n) is 3.52. The number of amides is 2. The summed E-state index contributed by atoms with van der Waals surface area (Å²) in [5, 5.41) is 5.01. The van der Waals surface area contributed by atoms with E-state index in [2.05, 4.69) is 29.4 Å². The van der Waals surface area contributed by atoms with E-state index in [-0.39, 0.29) is 11.8 Å². The van der Waals surface area contributed by atoms with Crippen molar-refractivity contribution in [3.8, 4) is 0 Å². The normalized spacial score (nSPS) is 18.9. The predicted octanol–water partition coefficient (Wildman–Crippen LogP) is 2.44. The van der Waals surface area contributed by atoms with Gasteiger partial charge in [-0.2, -0.15) is 0 Å². The highest BCUT2D eigenvalue weighted by Gasteiger charge is 2.21. The van der Waals surface area contributed by atoms with Gasteiger partial charge in [-0.15, -0.1) is 0 Å². The van der Waals surface area contributed by atoms with Crippen LogP contribution in [0.4, 0.5) is 19.3 Å². The van der Waals surface area contributed by atoms with Crippen LogP contribution in [0.25, 0.3) is 0 Å². The van der Waals surface area contributed by atoms with Crippen molar-refractivity contribution in [2.45, 2.75) is 20.0 Å². The molecule has 0 bridgehead atoms. The Kier molecular flexibility index (Phi) is 6.29. The molecule has 1 heterocycles. The Morgan fingerprint density at radius 2 is 2.22 bits per heavy atom. The van der Waals surface area contributed by atoms with Crippen molar-refractivity contribution in [3.05, 3.63) is 29.8 Å². The van der Waals surface area contributed by atoms with Crippen molar-refractivity contribution in [1.82, 2.24) is 10.2 Å². The molecule has 7 heteroatoms. The van der Waals surface area contributed by atoms with E-state index in [1.54, 1.807) is 0 Å². The average molecular weight is 327 g/mol. The summed E-state index contributed by atoms with van der Waals surface area (Å²) in [6.07, 6.45) is -0.0914. The van der Waals surface area contributed by atoms with Crippen LogP contribution in [0.15, 0.2) is 18.2 Å². The molecule has 1 saturated heterocycles. The first-order chi connectivity index (χ1) is 10.9. The largest absolute Gasteiger partial charge is 0.374 e. The van der Waals surface area contributed by atoms with Crippen LogP contribution in [0.2, 0.25) is 0 Å². The summed E-state index contributed by atoms with van der Waals surface area (Å²) in [7, 11) is 0. The quantitative estimate of drug-likeness (QED) is 0.873. The van der Waals surface area contributed by atoms with E-state index in [0.717, 1.165) is 31.8 Å². The lowest BCUT2D eigenvalue weighted by molar-refractivity contribution is -0.0288. The van der Waals surface area contributed by atoms with Crippen molar-refractivity contribution in [1.29, 1.82) is 0 Å². The number of benzene rings is 1. The lowest BCUT2D eigenvalue weighted by Crippen LogP contribution is -2.48. The van der Waals surface area contributed by atoms with Gasteiger partial charge in [-0.1, -0.05) is 13.8 Å². The van der Waals surface area contributed by atoms with Crippen LogP contribution >= 0.6 is 0 Å². The smallest absolute Gasteiger partial charge is 0.319 e. The van der Waals surface area contributed by atoms with Gasteiger partial charge in [0.1, 0.15) is 11.6 Å². The number of hydrogen-bond acceptors (Lipinski definition) is 3. The molecular formula is C16H23F2N3O2. The Labute approximate surface area is 135 Å². The Balaban J connectivity index is 1.77. The van der Waals surface area contributed by atoms with Gasteiger partial charge in [0.25, 0.3) is 0 Å². The van der Waals surface area contributed by atoms with E-state index >= 15 is 0 Å². The van der Waals surface area contributed by atoms with Crippen LogP contribution in [0, 0.1) is 17.6 Å². The Morgan fingerprint density at radius 3 is 2.91 bits per heavy atom. The van der Waals surface area contributed by atoms with Crippen LogP contribution in [0.5, 0.6) is 0 Å². The van der Waals surface area contributed by atoms with Crippen LogP contribution in [-0.2, 0) is 4.74 Å². The monoisotopic (exact) mass is 327 g/mol. The fourth-order valence-electron chi connectivity index (χ4n) is 2.55. The minimum Gasteiger partial charge on any atom is -0.374 e. The molecule has 2 amide bonds. The number of nitrogens with one attached hydrogen (secondary N) is 2. The van der Waals surface area contributed by atoms with Crippen molar-refractivity contribution in [2.75, 3.05) is 38.1 Å². The molecule has 0 spiro atoms. The molecule has 1 atom stereocenters. The highest BCUT2D eigenvalue weighted by molar-refractivity contribution is 5.89. The molecule has 2 N–H and O–H groups in total. The third-order valence-corrected chi connectivity index (χ3v) is 3.52. The standard InChI is InChI=1S/C16H23F2N3O2/c1-11(2)9-21-5-6-23-13(10-21)8-19-16(22)20-15-4-3-12(17)7-14(15)18/h3-4,7,11,13H,5-6,8-10H2,1-2H3,(H2,19,20,22). The molecule has 5 nitrogen and oxygen atoms in total. The first-order valence-corrected chi connectivity index (χ1v) is 7.78. The van der Waals surface area contributed by atoms with Crippen molar-refractivity contribution >= 4 is 11.7 Å². The zero-order chi connectivity index (χ0) is 16.8. The number of anilines is 1. The number of rotatable bonds is 5. The zero-order valence-corrected chi connectivity index (χ0v) is 13.4. The van der Waals surface area contributed by atoms with E-state index in [1.807, 2.05) is 0 Å². The van der Waals surface area contributed by atoms with Gasteiger partial charge in [0.2, 0.25) is 0 Å². The van der Waals surface area contributed by atoms with E-state index in [9.17, 15) is 13.6 Å². The van der Waals surface area contributed by atoms with Gasteiger partial charge in [0.15, 0.2) is 0 Å². The fourth-order valence-corrected chi connectivity index (χ4v) is 2.55. The highest BCUT2D eigenvalue weighted by Crippen LogP contribution is 2.14. The van der Waals surface area contributed by atoms with Crippen molar-refractivity contribution in [2.24, 2.45) is 5.92 Å². The van der Waals surface area contributed by atoms with Crippen LogP contribution < -0.4 is 10.6 Å². The van der Waals surface area contributed by atoms with E-state index in [0.29, 0.717) is 19.1 Å². The lowest BCUT2D eigenvalue weighted by atomic mass is 10.2. The number of morpholine rings is 1. The van der Waals surface area contributed by atoms with Crippen LogP contribution in [0.3, 0.4) is 0 Å². The molecule has 0 saturated carbocycles. The summed E-state index contributed by atoms with van der Waals surface area (Å²) >= 11 is 0. The number of ether oxygens (including phenoxy) is 1. The van der Waals surface area contributed by atoms with Gasteiger partial charge in [0.05, 0.1) is 18.4 Å². The molecule has 1 fully saturated rings. The van der Waals surface area contributed by atoms with Crippen molar-refractivity contribution < 1.29 is 18.3 Å². The number of urea groups is 1. The molecule has 1 aromatic carbocycles. The Hall–Kier alpha value is -1.73. The number of nitrogens with zero attached hydrogens (tertiary/aromatic N) is 1. The summed E-state index contributed by atoms with van der Waals surface area (Å²) in [4.78, 5) is 14.1. The summed E-state index contributed by atoms with van der Waals surface area (Å²) < 4.78 is 31.9. The molecule has 1 unspecified atom stereocenters. The average Bonchev–Trinajstić information content (AvgIpc) is 2.48. The van der Waals surface area contributed by atoms with E-state index in [1.165, 1.54) is 6.07 Å². The topological polar surface area (TPSA) is 53.6 Å². The van der Waals surface area contributed by atoms with Gasteiger partial charge in [-0.05, 0) is 18.1 Å². The molecule has 2 rings (SSSR count). The second-order valence-electron chi connectivity index (χ2n) is 6.11. The molecule has 1 aliphatic rings. The van der Waals surface area contributed by atoms with Gasteiger partial charge in [-0.25, -0.2) is 13.6 Å². The molecule has 0 aliphatic carbocycles. The van der Waals surface area contributed by atoms with Crippen LogP contribution in [-0.4, -0.2) is 49.8 Å². The Morgan fingerprint density at radius 1 is 1.43 bits per heavy atom. The van der Waals surface area contributed by atoms with E-state index in [4.69, 9.17) is 4.74 Å². The van der Waals surface area contributed by atoms with Gasteiger partial charge >= 0.3 is 6.03 Å². The summed E-state index contributed by atoms with van der Waals surface area (Å²) in [6, 6.07) is 2.46. The minimum atomic E-state index is -0.808. The summed E-state index contributed by atoms with van der Waals surface area (Å²) in [5.41, 5.74) is -0.0603. The number of carbonyl (C=O) groups is 1. The number of carbonyl (C=O) groups excluding carboxylic acids is 1. The molecule has 128 valence electrons. The summed E-state index contributed by atoms with van der Waals surface area (Å²) in [5.74, 6) is -0.919. The predicted molar refractivity (Wildman–Crippen MR) is 84.4 cm³/mol. The maximum absolute atomic E-state index is 13.5. The number of halogens is 2. The summed E-state index contributed by atoms with van der Waals surface area (Å²) in [6.45, 7) is 7.93. The highest BCUT2D eigenvalue weighted by atomic mass is 19.1. The maximum atomic E-state index is 13.5. The second-order valence-corrected chi connectivity index (χ2v) is 6.11. The first kappa shape index (κ1) is 17.6. The van der Waals surface area contributed by atoms with Gasteiger partial charge < -0.3 is 15.4 Å². The van der Waals surface area contributed by atoms with E-state index < -0.39 is 17.7 Å². The Bertz CT molecular complexity index is 540. The molecule has 1 aliphatic heterocycles. The minimum absolute atomic E-state index is 0.0603. The third kappa shape index (κ3) is 5.76. The fraction of sp³-hybridized carbons (Fsp3) is 0.562. The second kappa shape index (κ2) is 8.21. The zero-order valence-electron chi connectivity index (χ0n) is 13.4. The van der Waals surface area contributed by atoms with Gasteiger partial charge in [0, 0.05) is 32.2 Å². The SMILES string of the molecule is CC(C)CN1CCOC(CNC(=O)Nc2ccc(F)cc2F)C1. The number of hydrogen-bond donors (Lipinski definition) is 2. The first-order valence-electron chi connectivity index (χ1n) is 7.78. The molecule has 0 radical (unpaired) electrons. The molecule has 1 aromatic rings. The lowest BCUT2D eigenvalue weighted by Gasteiger charge is -2.33. The molecule has 23 heavy (non-hydrogen) atoms. The molecular weight excluding hydrogens is 304 g/mol. The van der Waals surface area contributed by atoms with Crippen molar-refractivity contribution in [3.63, 3.8) is 0 Å². The van der Waals surface area contributed by atoms with Gasteiger partial charge in [-0.3, -0.25) is 4.90 Å². The molecule has 0 aromatic heterocycles. The maximum Gasteiger partial charge on any atom is 0.319 e.